The fraction of sp³-hybridized carbons (Fsp3) is 0.273. The largest absolute Gasteiger partial charge is 0.355 e. The van der Waals surface area contributed by atoms with E-state index in [1.807, 2.05) is 20.8 Å². The molecule has 0 saturated heterocycles. The molecule has 2 N–H and O–H groups in total. The summed E-state index contributed by atoms with van der Waals surface area (Å²) in [6, 6.07) is 9.73. The molecule has 1 amide bonds. The Morgan fingerprint density at radius 1 is 1.17 bits per heavy atom. The summed E-state index contributed by atoms with van der Waals surface area (Å²) in [5.41, 5.74) is 6.03. The van der Waals surface area contributed by atoms with Crippen molar-refractivity contribution in [1.29, 1.82) is 0 Å². The highest BCUT2D eigenvalue weighted by atomic mass is 32.1. The van der Waals surface area contributed by atoms with Crippen molar-refractivity contribution >= 4 is 22.9 Å². The van der Waals surface area contributed by atoms with Crippen LogP contribution in [0.4, 0.5) is 0 Å². The van der Waals surface area contributed by atoms with Crippen LogP contribution in [0.3, 0.4) is 0 Å². The van der Waals surface area contributed by atoms with Gasteiger partial charge < -0.3 is 5.32 Å². The van der Waals surface area contributed by atoms with Crippen LogP contribution in [0, 0.1) is 20.8 Å². The first kappa shape index (κ1) is 20.0. The summed E-state index contributed by atoms with van der Waals surface area (Å²) in [6.07, 6.45) is 0.977. The van der Waals surface area contributed by atoms with E-state index in [0.29, 0.717) is 12.2 Å². The van der Waals surface area contributed by atoms with Crippen LogP contribution in [0.25, 0.3) is 16.9 Å². The molecule has 0 unspecified atom stereocenters. The summed E-state index contributed by atoms with van der Waals surface area (Å²) in [6.45, 7) is 6.30. The van der Waals surface area contributed by atoms with E-state index in [-0.39, 0.29) is 17.9 Å². The Morgan fingerprint density at radius 2 is 1.93 bits per heavy atom. The summed E-state index contributed by atoms with van der Waals surface area (Å²) in [5, 5.41) is 8.81. The topological polar surface area (TPSA) is 92.2 Å². The van der Waals surface area contributed by atoms with Gasteiger partial charge in [-0.25, -0.2) is 14.5 Å². The van der Waals surface area contributed by atoms with Crippen LogP contribution >= 0.6 is 11.3 Å². The molecule has 30 heavy (non-hydrogen) atoms. The molecule has 4 rings (SSSR count). The monoisotopic (exact) mass is 421 g/mol. The zero-order valence-electron chi connectivity index (χ0n) is 17.2. The van der Waals surface area contributed by atoms with E-state index in [2.05, 4.69) is 50.0 Å². The lowest BCUT2D eigenvalue weighted by Gasteiger charge is -2.12. The standard InChI is InChI=1S/C22H23N5O2S/c1-13-18(14(2)27-20(24-13)11-22(29)26-27)10-21(28)23-9-8-16-4-6-17(7-5-16)19-12-30-15(3)25-19/h4-7,11-12H,8-10H2,1-3H3,(H,23,28)(H,26,29). The summed E-state index contributed by atoms with van der Waals surface area (Å²) >= 11 is 1.64. The maximum Gasteiger partial charge on any atom is 0.266 e. The molecule has 154 valence electrons. The number of nitrogens with zero attached hydrogens (tertiary/aromatic N) is 3. The maximum atomic E-state index is 12.5. The number of benzene rings is 1. The average Bonchev–Trinajstić information content (AvgIpc) is 3.31. The highest BCUT2D eigenvalue weighted by molar-refractivity contribution is 7.09. The first-order valence-corrected chi connectivity index (χ1v) is 10.6. The van der Waals surface area contributed by atoms with Crippen molar-refractivity contribution in [2.45, 2.75) is 33.6 Å². The molecule has 0 bridgehead atoms. The lowest BCUT2D eigenvalue weighted by atomic mass is 10.1. The SMILES string of the molecule is Cc1nc(-c2ccc(CCNC(=O)Cc3c(C)nc4cc(=O)[nH]n4c3C)cc2)cs1. The Hall–Kier alpha value is -3.26. The number of hydrogen-bond donors (Lipinski definition) is 2. The molecule has 3 aromatic heterocycles. The van der Waals surface area contributed by atoms with Gasteiger partial charge in [0.25, 0.3) is 5.56 Å². The molecule has 1 aromatic carbocycles. The Balaban J connectivity index is 1.35. The summed E-state index contributed by atoms with van der Waals surface area (Å²) in [5.74, 6) is -0.0635. The number of carbonyl (C=O) groups excluding carboxylic acids is 1. The molecular formula is C22H23N5O2S. The predicted octanol–water partition coefficient (Wildman–Crippen LogP) is 2.97. The van der Waals surface area contributed by atoms with Crippen LogP contribution in [-0.2, 0) is 17.6 Å². The number of fused-ring (bicyclic) bond motifs is 1. The number of rotatable bonds is 6. The Kier molecular flexibility index (Phi) is 5.50. The average molecular weight is 422 g/mol. The molecule has 0 fully saturated rings. The smallest absolute Gasteiger partial charge is 0.266 e. The van der Waals surface area contributed by atoms with Crippen molar-refractivity contribution < 1.29 is 4.79 Å². The molecule has 0 spiro atoms. The van der Waals surface area contributed by atoms with Crippen LogP contribution in [0.5, 0.6) is 0 Å². The number of carbonyl (C=O) groups is 1. The van der Waals surface area contributed by atoms with Gasteiger partial charge in [-0.2, -0.15) is 0 Å². The zero-order valence-corrected chi connectivity index (χ0v) is 18.0. The van der Waals surface area contributed by atoms with Gasteiger partial charge in [-0.1, -0.05) is 24.3 Å². The molecule has 0 aliphatic heterocycles. The summed E-state index contributed by atoms with van der Waals surface area (Å²) < 4.78 is 1.63. The van der Waals surface area contributed by atoms with Gasteiger partial charge in [-0.15, -0.1) is 11.3 Å². The molecule has 0 atom stereocenters. The number of nitrogens with one attached hydrogen (secondary N) is 2. The first-order valence-electron chi connectivity index (χ1n) is 9.76. The number of H-pyrrole nitrogens is 1. The van der Waals surface area contributed by atoms with E-state index < -0.39 is 0 Å². The lowest BCUT2D eigenvalue weighted by Crippen LogP contribution is -2.28. The molecule has 3 heterocycles. The van der Waals surface area contributed by atoms with Gasteiger partial charge in [0.2, 0.25) is 5.91 Å². The van der Waals surface area contributed by atoms with Gasteiger partial charge in [0.05, 0.1) is 17.1 Å². The highest BCUT2D eigenvalue weighted by Crippen LogP contribution is 2.22. The number of hydrogen-bond acceptors (Lipinski definition) is 5. The van der Waals surface area contributed by atoms with Crippen molar-refractivity contribution in [2.24, 2.45) is 0 Å². The highest BCUT2D eigenvalue weighted by Gasteiger charge is 2.14. The van der Waals surface area contributed by atoms with Crippen molar-refractivity contribution in [3.05, 3.63) is 73.6 Å². The van der Waals surface area contributed by atoms with Gasteiger partial charge in [-0.3, -0.25) is 14.7 Å². The summed E-state index contributed by atoms with van der Waals surface area (Å²) in [7, 11) is 0. The summed E-state index contributed by atoms with van der Waals surface area (Å²) in [4.78, 5) is 33.0. The van der Waals surface area contributed by atoms with E-state index in [1.54, 1.807) is 15.9 Å². The maximum absolute atomic E-state index is 12.5. The quantitative estimate of drug-likeness (QED) is 0.501. The van der Waals surface area contributed by atoms with Crippen molar-refractivity contribution in [1.82, 2.24) is 24.9 Å². The number of thiazole rings is 1. The normalized spacial score (nSPS) is 11.2. The second kappa shape index (κ2) is 8.23. The fourth-order valence-corrected chi connectivity index (χ4v) is 4.14. The molecule has 8 heteroatoms. The second-order valence-electron chi connectivity index (χ2n) is 7.30. The number of aromatic amines is 1. The van der Waals surface area contributed by atoms with Crippen LogP contribution in [0.2, 0.25) is 0 Å². The predicted molar refractivity (Wildman–Crippen MR) is 118 cm³/mol. The Labute approximate surface area is 177 Å². The Morgan fingerprint density at radius 3 is 2.63 bits per heavy atom. The van der Waals surface area contributed by atoms with Crippen LogP contribution in [-0.4, -0.2) is 32.0 Å². The molecule has 0 aliphatic carbocycles. The van der Waals surface area contributed by atoms with E-state index in [0.717, 1.165) is 45.2 Å². The molecule has 0 radical (unpaired) electrons. The lowest BCUT2D eigenvalue weighted by molar-refractivity contribution is -0.120. The van der Waals surface area contributed by atoms with Crippen LogP contribution < -0.4 is 10.9 Å². The number of aromatic nitrogens is 4. The van der Waals surface area contributed by atoms with E-state index >= 15 is 0 Å². The minimum atomic E-state index is -0.206. The van der Waals surface area contributed by atoms with E-state index in [4.69, 9.17) is 0 Å². The molecular weight excluding hydrogens is 398 g/mol. The van der Waals surface area contributed by atoms with Gasteiger partial charge in [0.15, 0.2) is 5.65 Å². The van der Waals surface area contributed by atoms with Crippen molar-refractivity contribution in [3.63, 3.8) is 0 Å². The third-order valence-corrected chi connectivity index (χ3v) is 5.92. The zero-order chi connectivity index (χ0) is 21.3. The third kappa shape index (κ3) is 4.18. The van der Waals surface area contributed by atoms with E-state index in [9.17, 15) is 9.59 Å². The van der Waals surface area contributed by atoms with Crippen LogP contribution in [0.15, 0.2) is 40.5 Å². The first-order chi connectivity index (χ1) is 14.4. The molecule has 4 aromatic rings. The van der Waals surface area contributed by atoms with Gasteiger partial charge >= 0.3 is 0 Å². The number of amides is 1. The number of aryl methyl sites for hydroxylation is 3. The third-order valence-electron chi connectivity index (χ3n) is 5.14. The minimum absolute atomic E-state index is 0.0635. The fourth-order valence-electron chi connectivity index (χ4n) is 3.52. The Bertz CT molecular complexity index is 1270. The molecule has 0 saturated carbocycles. The van der Waals surface area contributed by atoms with Crippen molar-refractivity contribution in [2.75, 3.05) is 6.54 Å². The van der Waals surface area contributed by atoms with Crippen molar-refractivity contribution in [3.8, 4) is 11.3 Å². The van der Waals surface area contributed by atoms with E-state index in [1.165, 1.54) is 6.07 Å². The van der Waals surface area contributed by atoms with Gasteiger partial charge in [-0.05, 0) is 32.8 Å². The van der Waals surface area contributed by atoms with Gasteiger partial charge in [0, 0.05) is 40.5 Å². The molecule has 7 nitrogen and oxygen atoms in total. The minimum Gasteiger partial charge on any atom is -0.355 e. The molecule has 0 aliphatic rings. The second-order valence-corrected chi connectivity index (χ2v) is 8.36. The van der Waals surface area contributed by atoms with Gasteiger partial charge in [0.1, 0.15) is 0 Å². The van der Waals surface area contributed by atoms with Crippen LogP contribution in [0.1, 0.15) is 27.5 Å².